The van der Waals surface area contributed by atoms with Gasteiger partial charge in [0, 0.05) is 6.54 Å². The van der Waals surface area contributed by atoms with E-state index in [4.69, 9.17) is 5.14 Å². The minimum atomic E-state index is -4.46. The molecule has 18 heavy (non-hydrogen) atoms. The molecule has 1 aromatic rings. The molecule has 0 aliphatic rings. The van der Waals surface area contributed by atoms with Gasteiger partial charge in [-0.2, -0.15) is 13.2 Å². The molecule has 11 heteroatoms. The van der Waals surface area contributed by atoms with Crippen LogP contribution in [-0.2, 0) is 27.9 Å². The van der Waals surface area contributed by atoms with Crippen molar-refractivity contribution in [3.8, 4) is 0 Å². The number of hydrogen-bond acceptors (Lipinski definition) is 5. The molecule has 0 aromatic carbocycles. The Labute approximate surface area is 101 Å². The molecule has 1 rings (SSSR count). The van der Waals surface area contributed by atoms with Crippen LogP contribution in [0, 0.1) is 0 Å². The number of ether oxygens (including phenoxy) is 1. The molecule has 1 heterocycles. The topological polar surface area (TPSA) is 100 Å². The summed E-state index contributed by atoms with van der Waals surface area (Å²) in [6.07, 6.45) is -4.46. The van der Waals surface area contributed by atoms with Gasteiger partial charge in [0.1, 0.15) is 13.2 Å². The summed E-state index contributed by atoms with van der Waals surface area (Å²) in [5.74, 6) is -0.0363. The molecule has 7 nitrogen and oxygen atoms in total. The zero-order valence-corrected chi connectivity index (χ0v) is 10.1. The molecule has 0 aliphatic carbocycles. The number of nitrogens with zero attached hydrogens (tertiary/aromatic N) is 3. The minimum Gasteiger partial charge on any atom is -0.364 e. The maximum atomic E-state index is 11.9. The van der Waals surface area contributed by atoms with Gasteiger partial charge in [-0.15, -0.1) is 10.2 Å². The van der Waals surface area contributed by atoms with Gasteiger partial charge in [0.15, 0.2) is 5.82 Å². The normalized spacial score (nSPS) is 12.9. The summed E-state index contributed by atoms with van der Waals surface area (Å²) in [6.45, 7) is -0.237. The second kappa shape index (κ2) is 5.20. The number of alkyl halides is 3. The third kappa shape index (κ3) is 3.92. The highest BCUT2D eigenvalue weighted by Gasteiger charge is 2.28. The van der Waals surface area contributed by atoms with E-state index < -0.39 is 34.6 Å². The molecular weight excluding hydrogens is 277 g/mol. The largest absolute Gasteiger partial charge is 0.411 e. The van der Waals surface area contributed by atoms with E-state index in [9.17, 15) is 21.6 Å². The molecule has 1 aromatic heterocycles. The molecule has 0 bridgehead atoms. The molecule has 0 saturated heterocycles. The van der Waals surface area contributed by atoms with Crippen LogP contribution in [0.15, 0.2) is 5.16 Å². The molecule has 0 spiro atoms. The highest BCUT2D eigenvalue weighted by molar-refractivity contribution is 7.89. The number of halogens is 3. The van der Waals surface area contributed by atoms with Crippen LogP contribution in [0.25, 0.3) is 0 Å². The first-order chi connectivity index (χ1) is 8.15. The predicted molar refractivity (Wildman–Crippen MR) is 52.8 cm³/mol. The summed E-state index contributed by atoms with van der Waals surface area (Å²) in [6, 6.07) is 0. The lowest BCUT2D eigenvalue weighted by atomic mass is 10.6. The molecule has 0 unspecified atom stereocenters. The van der Waals surface area contributed by atoms with Crippen LogP contribution in [0.3, 0.4) is 0 Å². The summed E-state index contributed by atoms with van der Waals surface area (Å²) >= 11 is 0. The molecule has 104 valence electrons. The van der Waals surface area contributed by atoms with Crippen molar-refractivity contribution in [1.82, 2.24) is 14.8 Å². The van der Waals surface area contributed by atoms with Crippen molar-refractivity contribution in [2.24, 2.45) is 5.14 Å². The van der Waals surface area contributed by atoms with Gasteiger partial charge in [-0.05, 0) is 6.92 Å². The standard InChI is InChI=1S/C7H11F3N4O3S/c1-2-14-5(3-17-4-7(8,9)10)12-13-6(14)18(11,15)16/h2-4H2,1H3,(H2,11,15,16). The van der Waals surface area contributed by atoms with Crippen molar-refractivity contribution in [3.63, 3.8) is 0 Å². The lowest BCUT2D eigenvalue weighted by Crippen LogP contribution is -2.20. The Morgan fingerprint density at radius 2 is 2.00 bits per heavy atom. The summed E-state index contributed by atoms with van der Waals surface area (Å²) in [5, 5.41) is 11.1. The smallest absolute Gasteiger partial charge is 0.364 e. The van der Waals surface area contributed by atoms with Gasteiger partial charge in [-0.3, -0.25) is 4.57 Å². The average Bonchev–Trinajstić information content (AvgIpc) is 2.58. The number of aromatic nitrogens is 3. The lowest BCUT2D eigenvalue weighted by molar-refractivity contribution is -0.177. The second-order valence-corrected chi connectivity index (χ2v) is 4.75. The molecule has 0 atom stereocenters. The summed E-state index contributed by atoms with van der Waals surface area (Å²) in [5.41, 5.74) is 0. The average molecular weight is 288 g/mol. The van der Waals surface area contributed by atoms with Crippen LogP contribution in [0.5, 0.6) is 0 Å². The third-order valence-electron chi connectivity index (χ3n) is 1.86. The fourth-order valence-corrected chi connectivity index (χ4v) is 1.91. The Morgan fingerprint density at radius 1 is 1.39 bits per heavy atom. The SMILES string of the molecule is CCn1c(COCC(F)(F)F)nnc1S(N)(=O)=O. The Kier molecular flexibility index (Phi) is 4.29. The van der Waals surface area contributed by atoms with E-state index in [-0.39, 0.29) is 12.4 Å². The first-order valence-corrected chi connectivity index (χ1v) is 6.29. The number of rotatable bonds is 5. The molecular formula is C7H11F3N4O3S. The predicted octanol–water partition coefficient (Wildman–Crippen LogP) is 0.0243. The molecule has 0 aliphatic heterocycles. The van der Waals surface area contributed by atoms with Crippen LogP contribution >= 0.6 is 0 Å². The zero-order chi connectivity index (χ0) is 14.0. The van der Waals surface area contributed by atoms with Crippen LogP contribution in [0.4, 0.5) is 13.2 Å². The zero-order valence-electron chi connectivity index (χ0n) is 9.31. The van der Waals surface area contributed by atoms with Crippen LogP contribution in [0.2, 0.25) is 0 Å². The molecule has 2 N–H and O–H groups in total. The maximum Gasteiger partial charge on any atom is 0.411 e. The first-order valence-electron chi connectivity index (χ1n) is 4.74. The third-order valence-corrected chi connectivity index (χ3v) is 2.67. The van der Waals surface area contributed by atoms with Crippen LogP contribution < -0.4 is 5.14 Å². The molecule has 0 saturated carbocycles. The van der Waals surface area contributed by atoms with Gasteiger partial charge >= 0.3 is 6.18 Å². The number of nitrogens with two attached hydrogens (primary N) is 1. The summed E-state index contributed by atoms with van der Waals surface area (Å²) in [4.78, 5) is 0. The van der Waals surface area contributed by atoms with Crippen molar-refractivity contribution < 1.29 is 26.3 Å². The highest BCUT2D eigenvalue weighted by atomic mass is 32.2. The van der Waals surface area contributed by atoms with Gasteiger partial charge in [0.05, 0.1) is 0 Å². The van der Waals surface area contributed by atoms with E-state index in [0.717, 1.165) is 4.57 Å². The molecule has 0 amide bonds. The van der Waals surface area contributed by atoms with E-state index in [2.05, 4.69) is 14.9 Å². The second-order valence-electron chi connectivity index (χ2n) is 3.30. The highest BCUT2D eigenvalue weighted by Crippen LogP contribution is 2.16. The molecule has 0 radical (unpaired) electrons. The van der Waals surface area contributed by atoms with Gasteiger partial charge < -0.3 is 4.74 Å². The number of primary sulfonamides is 1. The van der Waals surface area contributed by atoms with E-state index in [1.165, 1.54) is 0 Å². The fourth-order valence-electron chi connectivity index (χ4n) is 1.21. The summed E-state index contributed by atoms with van der Waals surface area (Å²) in [7, 11) is -4.07. The van der Waals surface area contributed by atoms with E-state index in [1.54, 1.807) is 6.92 Å². The van der Waals surface area contributed by atoms with Crippen molar-refractivity contribution in [2.75, 3.05) is 6.61 Å². The minimum absolute atomic E-state index is 0.0363. The number of hydrogen-bond donors (Lipinski definition) is 1. The van der Waals surface area contributed by atoms with Crippen LogP contribution in [-0.4, -0.2) is 36.0 Å². The molecule has 0 fully saturated rings. The first kappa shape index (κ1) is 14.9. The van der Waals surface area contributed by atoms with Crippen molar-refractivity contribution >= 4 is 10.0 Å². The maximum absolute atomic E-state index is 11.9. The van der Waals surface area contributed by atoms with E-state index >= 15 is 0 Å². The van der Waals surface area contributed by atoms with Gasteiger partial charge in [-0.25, -0.2) is 13.6 Å². The van der Waals surface area contributed by atoms with E-state index in [1.807, 2.05) is 0 Å². The Morgan fingerprint density at radius 3 is 2.44 bits per heavy atom. The van der Waals surface area contributed by atoms with Crippen molar-refractivity contribution in [3.05, 3.63) is 5.82 Å². The Balaban J connectivity index is 2.82. The quantitative estimate of drug-likeness (QED) is 0.823. The van der Waals surface area contributed by atoms with Gasteiger partial charge in [0.2, 0.25) is 0 Å². The van der Waals surface area contributed by atoms with E-state index in [0.29, 0.717) is 0 Å². The van der Waals surface area contributed by atoms with Gasteiger partial charge in [0.25, 0.3) is 15.2 Å². The monoisotopic (exact) mass is 288 g/mol. The van der Waals surface area contributed by atoms with Crippen molar-refractivity contribution in [1.29, 1.82) is 0 Å². The summed E-state index contributed by atoms with van der Waals surface area (Å²) < 4.78 is 63.2. The Hall–Kier alpha value is -1.20. The number of sulfonamides is 1. The Bertz CT molecular complexity index is 510. The van der Waals surface area contributed by atoms with Gasteiger partial charge in [-0.1, -0.05) is 0 Å². The lowest BCUT2D eigenvalue weighted by Gasteiger charge is -2.08. The van der Waals surface area contributed by atoms with Crippen molar-refractivity contribution in [2.45, 2.75) is 31.4 Å². The fraction of sp³-hybridized carbons (Fsp3) is 0.714. The van der Waals surface area contributed by atoms with Crippen LogP contribution in [0.1, 0.15) is 12.7 Å².